The first-order chi connectivity index (χ1) is 8.28. The fourth-order valence-electron chi connectivity index (χ4n) is 1.73. The zero-order valence-corrected chi connectivity index (χ0v) is 9.93. The standard InChI is InChI=1S/C12H13F3N2O/c1-7(2)10(18)8-3-5-9(6-4-8)11(16-17-11)12(13,14)15/h3-7,16-17H,1-2H3. The van der Waals surface area contributed by atoms with Crippen LogP contribution in [0.1, 0.15) is 29.8 Å². The molecule has 0 spiro atoms. The van der Waals surface area contributed by atoms with Crippen molar-refractivity contribution in [1.82, 2.24) is 10.9 Å². The normalized spacial score (nSPS) is 17.9. The van der Waals surface area contributed by atoms with Gasteiger partial charge in [-0.15, -0.1) is 0 Å². The summed E-state index contributed by atoms with van der Waals surface area (Å²) >= 11 is 0. The van der Waals surface area contributed by atoms with Gasteiger partial charge in [-0.3, -0.25) is 4.79 Å². The van der Waals surface area contributed by atoms with E-state index in [1.165, 1.54) is 24.3 Å². The van der Waals surface area contributed by atoms with Gasteiger partial charge in [-0.2, -0.15) is 13.2 Å². The molecular weight excluding hydrogens is 245 g/mol. The van der Waals surface area contributed by atoms with E-state index in [0.29, 0.717) is 5.56 Å². The maximum absolute atomic E-state index is 12.8. The fourth-order valence-corrected chi connectivity index (χ4v) is 1.73. The van der Waals surface area contributed by atoms with Gasteiger partial charge >= 0.3 is 6.18 Å². The number of ketones is 1. The van der Waals surface area contributed by atoms with Crippen LogP contribution >= 0.6 is 0 Å². The second kappa shape index (κ2) is 4.07. The number of hydrazine groups is 1. The maximum atomic E-state index is 12.8. The molecule has 2 rings (SSSR count). The first-order valence-electron chi connectivity index (χ1n) is 5.54. The van der Waals surface area contributed by atoms with Gasteiger partial charge in [0.05, 0.1) is 0 Å². The lowest BCUT2D eigenvalue weighted by molar-refractivity contribution is -0.165. The molecule has 0 aromatic heterocycles. The van der Waals surface area contributed by atoms with Gasteiger partial charge in [-0.1, -0.05) is 38.1 Å². The third-order valence-electron chi connectivity index (χ3n) is 2.93. The Morgan fingerprint density at radius 1 is 1.17 bits per heavy atom. The van der Waals surface area contributed by atoms with E-state index >= 15 is 0 Å². The highest BCUT2D eigenvalue weighted by molar-refractivity contribution is 5.97. The number of rotatable bonds is 3. The van der Waals surface area contributed by atoms with Crippen molar-refractivity contribution in [1.29, 1.82) is 0 Å². The number of Topliss-reactive ketones (excluding diaryl/α,β-unsaturated/α-hetero) is 1. The van der Waals surface area contributed by atoms with E-state index in [4.69, 9.17) is 0 Å². The van der Waals surface area contributed by atoms with E-state index in [9.17, 15) is 18.0 Å². The SMILES string of the molecule is CC(C)C(=O)c1ccc(C2(C(F)(F)F)NN2)cc1. The molecule has 2 N–H and O–H groups in total. The van der Waals surface area contributed by atoms with Gasteiger partial charge in [0, 0.05) is 11.5 Å². The summed E-state index contributed by atoms with van der Waals surface area (Å²) < 4.78 is 38.3. The number of hydrogen-bond donors (Lipinski definition) is 2. The van der Waals surface area contributed by atoms with Gasteiger partial charge in [-0.05, 0) is 5.56 Å². The van der Waals surface area contributed by atoms with Crippen molar-refractivity contribution in [2.75, 3.05) is 0 Å². The van der Waals surface area contributed by atoms with Crippen LogP contribution in [0.5, 0.6) is 0 Å². The van der Waals surface area contributed by atoms with Gasteiger partial charge in [0.25, 0.3) is 0 Å². The molecular formula is C12H13F3N2O. The van der Waals surface area contributed by atoms with E-state index in [2.05, 4.69) is 10.9 Å². The Balaban J connectivity index is 2.27. The van der Waals surface area contributed by atoms with Crippen molar-refractivity contribution in [2.45, 2.75) is 25.7 Å². The average Bonchev–Trinajstić information content (AvgIpc) is 3.08. The quantitative estimate of drug-likeness (QED) is 0.646. The molecule has 0 radical (unpaired) electrons. The zero-order valence-electron chi connectivity index (χ0n) is 9.93. The molecule has 1 aromatic carbocycles. The molecule has 1 heterocycles. The number of carbonyl (C=O) groups excluding carboxylic acids is 1. The van der Waals surface area contributed by atoms with Crippen molar-refractivity contribution < 1.29 is 18.0 Å². The van der Waals surface area contributed by atoms with Crippen LogP contribution in [0.4, 0.5) is 13.2 Å². The summed E-state index contributed by atoms with van der Waals surface area (Å²) in [5, 5.41) is 0. The number of hydrogen-bond acceptors (Lipinski definition) is 3. The Kier molecular flexibility index (Phi) is 2.95. The van der Waals surface area contributed by atoms with Crippen LogP contribution in [0.15, 0.2) is 24.3 Å². The van der Waals surface area contributed by atoms with E-state index < -0.39 is 11.8 Å². The van der Waals surface area contributed by atoms with Crippen molar-refractivity contribution >= 4 is 5.78 Å². The Morgan fingerprint density at radius 2 is 1.67 bits per heavy atom. The average molecular weight is 258 g/mol. The minimum Gasteiger partial charge on any atom is -0.294 e. The summed E-state index contributed by atoms with van der Waals surface area (Å²) in [6.07, 6.45) is -4.42. The first-order valence-corrected chi connectivity index (χ1v) is 5.54. The predicted molar refractivity (Wildman–Crippen MR) is 59.6 cm³/mol. The van der Waals surface area contributed by atoms with Gasteiger partial charge in [0.15, 0.2) is 5.78 Å². The third-order valence-corrected chi connectivity index (χ3v) is 2.93. The number of alkyl halides is 3. The lowest BCUT2D eigenvalue weighted by Crippen LogP contribution is -2.34. The Labute approximate surface area is 102 Å². The molecule has 0 atom stereocenters. The van der Waals surface area contributed by atoms with E-state index in [1.807, 2.05) is 0 Å². The highest BCUT2D eigenvalue weighted by atomic mass is 19.4. The lowest BCUT2D eigenvalue weighted by atomic mass is 9.97. The van der Waals surface area contributed by atoms with Crippen LogP contribution in [0, 0.1) is 5.92 Å². The second-order valence-electron chi connectivity index (χ2n) is 4.59. The zero-order chi connectivity index (χ0) is 13.6. The van der Waals surface area contributed by atoms with Crippen LogP contribution < -0.4 is 10.9 Å². The molecule has 0 unspecified atom stereocenters. The summed E-state index contributed by atoms with van der Waals surface area (Å²) in [6, 6.07) is 5.48. The molecule has 3 nitrogen and oxygen atoms in total. The number of halogens is 3. The van der Waals surface area contributed by atoms with E-state index in [0.717, 1.165) is 0 Å². The molecule has 1 saturated heterocycles. The highest BCUT2D eigenvalue weighted by Gasteiger charge is 2.65. The highest BCUT2D eigenvalue weighted by Crippen LogP contribution is 2.41. The molecule has 1 aliphatic rings. The second-order valence-corrected chi connectivity index (χ2v) is 4.59. The van der Waals surface area contributed by atoms with Gasteiger partial charge < -0.3 is 0 Å². The molecule has 0 amide bonds. The predicted octanol–water partition coefficient (Wildman–Crippen LogP) is 2.35. The summed E-state index contributed by atoms with van der Waals surface area (Å²) in [5.41, 5.74) is 2.55. The molecule has 0 saturated carbocycles. The number of nitrogens with one attached hydrogen (secondary N) is 2. The molecule has 6 heteroatoms. The van der Waals surface area contributed by atoms with Gasteiger partial charge in [-0.25, -0.2) is 10.9 Å². The largest absolute Gasteiger partial charge is 0.426 e. The summed E-state index contributed by atoms with van der Waals surface area (Å²) in [4.78, 5) is 11.7. The third kappa shape index (κ3) is 2.02. The maximum Gasteiger partial charge on any atom is 0.426 e. The lowest BCUT2D eigenvalue weighted by Gasteiger charge is -2.16. The van der Waals surface area contributed by atoms with Crippen molar-refractivity contribution in [3.63, 3.8) is 0 Å². The molecule has 18 heavy (non-hydrogen) atoms. The Hall–Kier alpha value is -1.40. The molecule has 1 aliphatic heterocycles. The Morgan fingerprint density at radius 3 is 2.00 bits per heavy atom. The van der Waals surface area contributed by atoms with Crippen molar-refractivity contribution in [3.8, 4) is 0 Å². The van der Waals surface area contributed by atoms with Crippen LogP contribution in [0.2, 0.25) is 0 Å². The van der Waals surface area contributed by atoms with E-state index in [-0.39, 0.29) is 17.3 Å². The van der Waals surface area contributed by atoms with Crippen LogP contribution in [-0.2, 0) is 5.66 Å². The smallest absolute Gasteiger partial charge is 0.294 e. The van der Waals surface area contributed by atoms with Gasteiger partial charge in [0.2, 0.25) is 5.66 Å². The van der Waals surface area contributed by atoms with E-state index in [1.54, 1.807) is 13.8 Å². The van der Waals surface area contributed by atoms with Gasteiger partial charge in [0.1, 0.15) is 0 Å². The Bertz CT molecular complexity index is 461. The minimum atomic E-state index is -4.42. The number of carbonyl (C=O) groups is 1. The molecule has 98 valence electrons. The summed E-state index contributed by atoms with van der Waals surface area (Å²) in [7, 11) is 0. The first kappa shape index (κ1) is 13.0. The van der Waals surface area contributed by atoms with Crippen LogP contribution in [0.25, 0.3) is 0 Å². The number of benzene rings is 1. The van der Waals surface area contributed by atoms with Crippen LogP contribution in [0.3, 0.4) is 0 Å². The van der Waals surface area contributed by atoms with Crippen LogP contribution in [-0.4, -0.2) is 12.0 Å². The minimum absolute atomic E-state index is 0.0512. The monoisotopic (exact) mass is 258 g/mol. The molecule has 1 fully saturated rings. The molecule has 1 aromatic rings. The fraction of sp³-hybridized carbons (Fsp3) is 0.417. The molecule has 0 bridgehead atoms. The summed E-state index contributed by atoms with van der Waals surface area (Å²) in [6.45, 7) is 3.49. The molecule has 0 aliphatic carbocycles. The van der Waals surface area contributed by atoms with Crippen molar-refractivity contribution in [2.24, 2.45) is 5.92 Å². The van der Waals surface area contributed by atoms with Crippen molar-refractivity contribution in [3.05, 3.63) is 35.4 Å². The summed E-state index contributed by atoms with van der Waals surface area (Å²) in [5.74, 6) is -0.260. The topological polar surface area (TPSA) is 61.0 Å².